The lowest BCUT2D eigenvalue weighted by atomic mass is 9.92. The van der Waals surface area contributed by atoms with Gasteiger partial charge in [-0.1, -0.05) is 25.7 Å². The van der Waals surface area contributed by atoms with Crippen molar-refractivity contribution >= 4 is 28.8 Å². The molecule has 1 saturated heterocycles. The van der Waals surface area contributed by atoms with E-state index in [1.54, 1.807) is 0 Å². The molecule has 1 aliphatic heterocycles. The molecule has 4 fully saturated rings. The number of hydrogen-bond acceptors (Lipinski definition) is 7. The highest BCUT2D eigenvalue weighted by Gasteiger charge is 2.31. The number of piperidine rings is 1. The average molecular weight is 495 g/mol. The molecule has 6 rings (SSSR count). The van der Waals surface area contributed by atoms with Gasteiger partial charge >= 0.3 is 0 Å². The van der Waals surface area contributed by atoms with Crippen LogP contribution in [0, 0.1) is 5.92 Å². The van der Waals surface area contributed by atoms with Crippen LogP contribution >= 0.6 is 0 Å². The van der Waals surface area contributed by atoms with Gasteiger partial charge in [0.05, 0.1) is 6.33 Å². The highest BCUT2D eigenvalue weighted by atomic mass is 16.2. The first-order valence-electron chi connectivity index (χ1n) is 14.5. The predicted octanol–water partition coefficient (Wildman–Crippen LogP) is 4.22. The van der Waals surface area contributed by atoms with Gasteiger partial charge in [0.25, 0.3) is 0 Å². The highest BCUT2D eigenvalue weighted by molar-refractivity contribution is 5.84. The summed E-state index contributed by atoms with van der Waals surface area (Å²) in [6.45, 7) is 1.65. The SMILES string of the molecule is NC1CCC(Nc2nc(NC3CCN(C(=O)C4CCCC4)CC3)c3ncn(C4CCCC4)c3n2)CC1. The number of hydrogen-bond donors (Lipinski definition) is 3. The fourth-order valence-electron chi connectivity index (χ4n) is 6.85. The van der Waals surface area contributed by atoms with Crippen LogP contribution in [0.2, 0.25) is 0 Å². The van der Waals surface area contributed by atoms with Crippen molar-refractivity contribution in [2.24, 2.45) is 11.7 Å². The van der Waals surface area contributed by atoms with Crippen molar-refractivity contribution < 1.29 is 4.79 Å². The summed E-state index contributed by atoms with van der Waals surface area (Å²) in [6.07, 6.45) is 17.5. The standard InChI is InChI=1S/C27H42N8O/c28-19-9-11-20(12-10-19)31-27-32-24(23-25(33-27)35(17-29-23)22-7-3-4-8-22)30-21-13-15-34(16-14-21)26(36)18-5-1-2-6-18/h17-22H,1-16,28H2,(H2,30,31,32,33). The van der Waals surface area contributed by atoms with Gasteiger partial charge in [0, 0.05) is 43.2 Å². The molecule has 2 aromatic heterocycles. The molecule has 0 radical (unpaired) electrons. The molecule has 0 aromatic carbocycles. The lowest BCUT2D eigenvalue weighted by Crippen LogP contribution is -2.44. The summed E-state index contributed by atoms with van der Waals surface area (Å²) >= 11 is 0. The van der Waals surface area contributed by atoms with E-state index in [1.165, 1.54) is 38.5 Å². The van der Waals surface area contributed by atoms with Gasteiger partial charge in [-0.25, -0.2) is 4.98 Å². The van der Waals surface area contributed by atoms with E-state index in [0.29, 0.717) is 30.0 Å². The summed E-state index contributed by atoms with van der Waals surface area (Å²) < 4.78 is 2.28. The zero-order valence-corrected chi connectivity index (χ0v) is 21.5. The second-order valence-corrected chi connectivity index (χ2v) is 11.6. The minimum Gasteiger partial charge on any atom is -0.365 e. The zero-order chi connectivity index (χ0) is 24.5. The van der Waals surface area contributed by atoms with Gasteiger partial charge in [-0.3, -0.25) is 4.79 Å². The number of nitrogens with two attached hydrogens (primary N) is 1. The Balaban J connectivity index is 1.19. The van der Waals surface area contributed by atoms with Crippen LogP contribution in [0.1, 0.15) is 95.9 Å². The van der Waals surface area contributed by atoms with Crippen LogP contribution in [-0.2, 0) is 4.79 Å². The molecule has 0 spiro atoms. The van der Waals surface area contributed by atoms with Crippen molar-refractivity contribution in [2.75, 3.05) is 23.7 Å². The number of amides is 1. The number of anilines is 2. The Kier molecular flexibility index (Phi) is 7.00. The smallest absolute Gasteiger partial charge is 0.227 e. The van der Waals surface area contributed by atoms with E-state index < -0.39 is 0 Å². The van der Waals surface area contributed by atoms with E-state index in [1.807, 2.05) is 6.33 Å². The van der Waals surface area contributed by atoms with Crippen molar-refractivity contribution in [3.8, 4) is 0 Å². The molecule has 9 nitrogen and oxygen atoms in total. The molecule has 3 heterocycles. The van der Waals surface area contributed by atoms with Crippen LogP contribution in [0.15, 0.2) is 6.33 Å². The van der Waals surface area contributed by atoms with Crippen molar-refractivity contribution in [3.63, 3.8) is 0 Å². The molecule has 2 aromatic rings. The van der Waals surface area contributed by atoms with Gasteiger partial charge < -0.3 is 25.8 Å². The van der Waals surface area contributed by atoms with Crippen molar-refractivity contribution in [3.05, 3.63) is 6.33 Å². The molecule has 3 saturated carbocycles. The van der Waals surface area contributed by atoms with Gasteiger partial charge in [0.2, 0.25) is 11.9 Å². The molecular weight excluding hydrogens is 452 g/mol. The molecule has 196 valence electrons. The lowest BCUT2D eigenvalue weighted by Gasteiger charge is -2.34. The van der Waals surface area contributed by atoms with Gasteiger partial charge in [0.1, 0.15) is 0 Å². The second-order valence-electron chi connectivity index (χ2n) is 11.6. The number of likely N-dealkylation sites (tertiary alicyclic amines) is 1. The fraction of sp³-hybridized carbons (Fsp3) is 0.778. The molecule has 0 unspecified atom stereocenters. The largest absolute Gasteiger partial charge is 0.365 e. The van der Waals surface area contributed by atoms with E-state index in [2.05, 4.69) is 20.1 Å². The van der Waals surface area contributed by atoms with Crippen LogP contribution in [0.25, 0.3) is 11.2 Å². The number of imidazole rings is 1. The third-order valence-electron chi connectivity index (χ3n) is 9.10. The van der Waals surface area contributed by atoms with E-state index in [4.69, 9.17) is 20.7 Å². The Labute approximate surface area is 214 Å². The third kappa shape index (κ3) is 5.04. The summed E-state index contributed by atoms with van der Waals surface area (Å²) in [6, 6.07) is 1.44. The van der Waals surface area contributed by atoms with Crippen LogP contribution < -0.4 is 16.4 Å². The molecule has 0 atom stereocenters. The maximum absolute atomic E-state index is 12.9. The van der Waals surface area contributed by atoms with E-state index in [0.717, 1.165) is 81.4 Å². The molecule has 4 aliphatic rings. The first-order valence-corrected chi connectivity index (χ1v) is 14.5. The third-order valence-corrected chi connectivity index (χ3v) is 9.10. The Bertz CT molecular complexity index is 1040. The Morgan fingerprint density at radius 2 is 1.50 bits per heavy atom. The maximum Gasteiger partial charge on any atom is 0.227 e. The minimum atomic E-state index is 0.263. The molecule has 3 aliphatic carbocycles. The number of rotatable bonds is 6. The number of carbonyl (C=O) groups is 1. The maximum atomic E-state index is 12.9. The first-order chi connectivity index (χ1) is 17.6. The lowest BCUT2D eigenvalue weighted by molar-refractivity contribution is -0.136. The van der Waals surface area contributed by atoms with E-state index >= 15 is 0 Å². The summed E-state index contributed by atoms with van der Waals surface area (Å²) in [5, 5.41) is 7.34. The van der Waals surface area contributed by atoms with Gasteiger partial charge in [-0.05, 0) is 64.2 Å². The summed E-state index contributed by atoms with van der Waals surface area (Å²) in [7, 11) is 0. The predicted molar refractivity (Wildman–Crippen MR) is 142 cm³/mol. The monoisotopic (exact) mass is 494 g/mol. The Morgan fingerprint density at radius 1 is 0.833 bits per heavy atom. The zero-order valence-electron chi connectivity index (χ0n) is 21.5. The van der Waals surface area contributed by atoms with Crippen molar-refractivity contribution in [2.45, 2.75) is 114 Å². The topological polar surface area (TPSA) is 114 Å². The molecule has 36 heavy (non-hydrogen) atoms. The number of fused-ring (bicyclic) bond motifs is 1. The Morgan fingerprint density at radius 3 is 2.22 bits per heavy atom. The van der Waals surface area contributed by atoms with Crippen LogP contribution in [0.4, 0.5) is 11.8 Å². The van der Waals surface area contributed by atoms with Gasteiger partial charge in [-0.15, -0.1) is 0 Å². The molecule has 9 heteroatoms. The summed E-state index contributed by atoms with van der Waals surface area (Å²) in [4.78, 5) is 29.7. The number of aromatic nitrogens is 4. The second kappa shape index (κ2) is 10.5. The summed E-state index contributed by atoms with van der Waals surface area (Å²) in [5.74, 6) is 2.16. The molecule has 4 N–H and O–H groups in total. The first kappa shape index (κ1) is 23.9. The van der Waals surface area contributed by atoms with Crippen molar-refractivity contribution in [1.29, 1.82) is 0 Å². The van der Waals surface area contributed by atoms with E-state index in [-0.39, 0.29) is 12.0 Å². The summed E-state index contributed by atoms with van der Waals surface area (Å²) in [5.41, 5.74) is 7.92. The van der Waals surface area contributed by atoms with E-state index in [9.17, 15) is 4.79 Å². The normalized spacial score (nSPS) is 26.6. The van der Waals surface area contributed by atoms with Crippen LogP contribution in [0.3, 0.4) is 0 Å². The van der Waals surface area contributed by atoms with Crippen molar-refractivity contribution in [1.82, 2.24) is 24.4 Å². The highest BCUT2D eigenvalue weighted by Crippen LogP contribution is 2.34. The number of carbonyl (C=O) groups excluding carboxylic acids is 1. The fourth-order valence-corrected chi connectivity index (χ4v) is 6.85. The average Bonchev–Trinajstić information content (AvgIpc) is 3.67. The molecule has 0 bridgehead atoms. The minimum absolute atomic E-state index is 0.263. The number of nitrogens with one attached hydrogen (secondary N) is 2. The molecular formula is C27H42N8O. The molecule has 1 amide bonds. The van der Waals surface area contributed by atoms with Gasteiger partial charge in [-0.2, -0.15) is 9.97 Å². The van der Waals surface area contributed by atoms with Crippen LogP contribution in [0.5, 0.6) is 0 Å². The van der Waals surface area contributed by atoms with Gasteiger partial charge in [0.15, 0.2) is 17.0 Å². The Hall–Kier alpha value is -2.42. The quantitative estimate of drug-likeness (QED) is 0.551. The number of nitrogens with zero attached hydrogens (tertiary/aromatic N) is 5. The van der Waals surface area contributed by atoms with Crippen LogP contribution in [-0.4, -0.2) is 61.5 Å².